The second kappa shape index (κ2) is 8.68. The van der Waals surface area contributed by atoms with E-state index < -0.39 is 11.9 Å². The SMILES string of the molecule is CC12COC(CCCBr)(OC1)OC2.O=C(O)CCCBr. The van der Waals surface area contributed by atoms with Crippen LogP contribution in [0, 0.1) is 5.41 Å². The highest BCUT2D eigenvalue weighted by molar-refractivity contribution is 9.09. The minimum atomic E-state index is -0.723. The fourth-order valence-electron chi connectivity index (χ4n) is 1.82. The number of hydrogen-bond acceptors (Lipinski definition) is 4. The Hall–Kier alpha value is 0.310. The van der Waals surface area contributed by atoms with Gasteiger partial charge in [-0.15, -0.1) is 0 Å². The third kappa shape index (κ3) is 5.97. The van der Waals surface area contributed by atoms with Crippen LogP contribution in [0.1, 0.15) is 32.6 Å². The molecule has 1 N–H and O–H groups in total. The van der Waals surface area contributed by atoms with Gasteiger partial charge in [0.25, 0.3) is 5.97 Å². The predicted octanol–water partition coefficient (Wildman–Crippen LogP) is 3.14. The molecule has 3 aliphatic heterocycles. The van der Waals surface area contributed by atoms with E-state index in [0.717, 1.165) is 49.7 Å². The number of carboxylic acids is 1. The lowest BCUT2D eigenvalue weighted by Gasteiger charge is -2.50. The van der Waals surface area contributed by atoms with Gasteiger partial charge in [0.2, 0.25) is 0 Å². The Morgan fingerprint density at radius 2 is 1.60 bits per heavy atom. The fraction of sp³-hybridized carbons (Fsp3) is 0.923. The summed E-state index contributed by atoms with van der Waals surface area (Å²) in [7, 11) is 0. The number of ether oxygens (including phenoxy) is 3. The first-order valence-electron chi connectivity index (χ1n) is 6.71. The van der Waals surface area contributed by atoms with Crippen molar-refractivity contribution in [1.82, 2.24) is 0 Å². The summed E-state index contributed by atoms with van der Waals surface area (Å²) < 4.78 is 16.8. The van der Waals surface area contributed by atoms with Crippen molar-refractivity contribution < 1.29 is 24.1 Å². The molecule has 0 radical (unpaired) electrons. The van der Waals surface area contributed by atoms with Crippen molar-refractivity contribution in [3.63, 3.8) is 0 Å². The van der Waals surface area contributed by atoms with Crippen LogP contribution >= 0.6 is 31.9 Å². The van der Waals surface area contributed by atoms with Gasteiger partial charge in [-0.1, -0.05) is 38.8 Å². The molecule has 0 aromatic heterocycles. The molecule has 0 amide bonds. The molecule has 3 saturated heterocycles. The summed E-state index contributed by atoms with van der Waals surface area (Å²) in [5.41, 5.74) is 0.0795. The molecule has 0 aliphatic carbocycles. The molecule has 3 heterocycles. The summed E-state index contributed by atoms with van der Waals surface area (Å²) >= 11 is 6.50. The molecule has 20 heavy (non-hydrogen) atoms. The van der Waals surface area contributed by atoms with Crippen molar-refractivity contribution >= 4 is 37.8 Å². The van der Waals surface area contributed by atoms with Gasteiger partial charge in [-0.25, -0.2) is 0 Å². The Balaban J connectivity index is 0.000000246. The maximum atomic E-state index is 9.74. The third-order valence-electron chi connectivity index (χ3n) is 3.06. The molecule has 5 nitrogen and oxygen atoms in total. The smallest absolute Gasteiger partial charge is 0.303 e. The Labute approximate surface area is 136 Å². The van der Waals surface area contributed by atoms with Crippen molar-refractivity contribution in [3.8, 4) is 0 Å². The van der Waals surface area contributed by atoms with Gasteiger partial charge in [0, 0.05) is 28.9 Å². The molecule has 0 spiro atoms. The number of carboxylic acid groups (broad SMARTS) is 1. The summed E-state index contributed by atoms with van der Waals surface area (Å²) in [6.45, 7) is 4.40. The summed E-state index contributed by atoms with van der Waals surface area (Å²) in [5.74, 6) is -1.44. The van der Waals surface area contributed by atoms with E-state index in [1.54, 1.807) is 0 Å². The number of fused-ring (bicyclic) bond motifs is 3. The first-order chi connectivity index (χ1) is 9.45. The monoisotopic (exact) mass is 416 g/mol. The normalized spacial score (nSPS) is 31.6. The number of carbonyl (C=O) groups is 1. The van der Waals surface area contributed by atoms with Gasteiger partial charge in [-0.05, 0) is 12.8 Å². The van der Waals surface area contributed by atoms with E-state index in [1.807, 2.05) is 0 Å². The Bertz CT molecular complexity index is 281. The van der Waals surface area contributed by atoms with Crippen molar-refractivity contribution in [2.24, 2.45) is 5.41 Å². The molecule has 0 saturated carbocycles. The largest absolute Gasteiger partial charge is 0.481 e. The van der Waals surface area contributed by atoms with Crippen molar-refractivity contribution in [1.29, 1.82) is 0 Å². The Kier molecular flexibility index (Phi) is 7.97. The standard InChI is InChI=1S/C9H15BrO3.C4H7BrO2/c1-8-5-11-9(12-6-8,13-7-8)3-2-4-10;5-3-1-2-4(6)7/h2-7H2,1H3;1-3H2,(H,6,7). The maximum Gasteiger partial charge on any atom is 0.303 e. The fourth-order valence-corrected chi connectivity index (χ4v) is 2.38. The minimum absolute atomic E-state index is 0.0795. The minimum Gasteiger partial charge on any atom is -0.481 e. The van der Waals surface area contributed by atoms with E-state index in [-0.39, 0.29) is 11.8 Å². The molecule has 2 bridgehead atoms. The van der Waals surface area contributed by atoms with E-state index in [1.165, 1.54) is 0 Å². The average Bonchev–Trinajstić information content (AvgIpc) is 2.45. The first-order valence-corrected chi connectivity index (χ1v) is 8.95. The molecule has 118 valence electrons. The lowest BCUT2D eigenvalue weighted by atomic mass is 9.91. The molecule has 3 rings (SSSR count). The van der Waals surface area contributed by atoms with E-state index in [4.69, 9.17) is 19.3 Å². The quantitative estimate of drug-likeness (QED) is 0.672. The second-order valence-electron chi connectivity index (χ2n) is 5.34. The zero-order valence-corrected chi connectivity index (χ0v) is 14.9. The Morgan fingerprint density at radius 3 is 1.95 bits per heavy atom. The van der Waals surface area contributed by atoms with Crippen LogP contribution in [0.4, 0.5) is 0 Å². The van der Waals surface area contributed by atoms with E-state index in [9.17, 15) is 4.79 Å². The van der Waals surface area contributed by atoms with Gasteiger partial charge in [0.05, 0.1) is 19.8 Å². The second-order valence-corrected chi connectivity index (χ2v) is 6.92. The van der Waals surface area contributed by atoms with Crippen LogP contribution in [-0.2, 0) is 19.0 Å². The third-order valence-corrected chi connectivity index (χ3v) is 4.18. The molecular weight excluding hydrogens is 396 g/mol. The zero-order valence-electron chi connectivity index (χ0n) is 11.7. The van der Waals surface area contributed by atoms with Crippen molar-refractivity contribution in [2.45, 2.75) is 38.6 Å². The van der Waals surface area contributed by atoms with Gasteiger partial charge >= 0.3 is 5.97 Å². The van der Waals surface area contributed by atoms with Gasteiger partial charge < -0.3 is 19.3 Å². The highest BCUT2D eigenvalue weighted by atomic mass is 79.9. The predicted molar refractivity (Wildman–Crippen MR) is 82.4 cm³/mol. The maximum absolute atomic E-state index is 9.74. The zero-order chi connectivity index (χ0) is 15.1. The molecule has 0 unspecified atom stereocenters. The van der Waals surface area contributed by atoms with Crippen LogP contribution in [-0.4, -0.2) is 47.5 Å². The van der Waals surface area contributed by atoms with Crippen molar-refractivity contribution in [3.05, 3.63) is 0 Å². The van der Waals surface area contributed by atoms with Crippen LogP contribution in [0.5, 0.6) is 0 Å². The Morgan fingerprint density at radius 1 is 1.10 bits per heavy atom. The van der Waals surface area contributed by atoms with Gasteiger partial charge in [-0.2, -0.15) is 0 Å². The lowest BCUT2D eigenvalue weighted by molar-refractivity contribution is -0.467. The van der Waals surface area contributed by atoms with E-state index >= 15 is 0 Å². The summed E-state index contributed by atoms with van der Waals surface area (Å²) in [4.78, 5) is 9.74. The molecule has 7 heteroatoms. The molecule has 3 aliphatic rings. The highest BCUT2D eigenvalue weighted by Crippen LogP contribution is 2.40. The van der Waals surface area contributed by atoms with E-state index in [0.29, 0.717) is 0 Å². The highest BCUT2D eigenvalue weighted by Gasteiger charge is 2.49. The lowest BCUT2D eigenvalue weighted by Crippen LogP contribution is -2.58. The summed E-state index contributed by atoms with van der Waals surface area (Å²) in [5, 5.41) is 9.76. The van der Waals surface area contributed by atoms with Gasteiger partial charge in [-0.3, -0.25) is 4.79 Å². The number of alkyl halides is 2. The summed E-state index contributed by atoms with van der Waals surface area (Å²) in [6.07, 6.45) is 2.81. The van der Waals surface area contributed by atoms with Crippen molar-refractivity contribution in [2.75, 3.05) is 30.5 Å². The molecule has 0 aromatic carbocycles. The van der Waals surface area contributed by atoms with Crippen LogP contribution in [0.3, 0.4) is 0 Å². The van der Waals surface area contributed by atoms with Gasteiger partial charge in [0.1, 0.15) is 0 Å². The average molecular weight is 418 g/mol. The van der Waals surface area contributed by atoms with Crippen LogP contribution in [0.25, 0.3) is 0 Å². The van der Waals surface area contributed by atoms with Gasteiger partial charge in [0.15, 0.2) is 0 Å². The number of hydrogen-bond donors (Lipinski definition) is 1. The number of aliphatic carboxylic acids is 1. The molecule has 3 fully saturated rings. The molecule has 0 atom stereocenters. The number of halogens is 2. The van der Waals surface area contributed by atoms with Crippen LogP contribution in [0.15, 0.2) is 0 Å². The van der Waals surface area contributed by atoms with E-state index in [2.05, 4.69) is 38.8 Å². The molecular formula is C13H22Br2O5. The number of rotatable bonds is 6. The first kappa shape index (κ1) is 18.4. The van der Waals surface area contributed by atoms with Crippen LogP contribution in [0.2, 0.25) is 0 Å². The topological polar surface area (TPSA) is 65.0 Å². The van der Waals surface area contributed by atoms with Crippen LogP contribution < -0.4 is 0 Å². The molecule has 0 aromatic rings. The summed E-state index contributed by atoms with van der Waals surface area (Å²) in [6, 6.07) is 0.